The molecule has 0 unspecified atom stereocenters. The number of hydrogen-bond acceptors (Lipinski definition) is 4. The third-order valence-corrected chi connectivity index (χ3v) is 3.44. The molecule has 0 N–H and O–H groups in total. The minimum absolute atomic E-state index is 0.370. The van der Waals surface area contributed by atoms with Gasteiger partial charge in [-0.15, -0.1) is 0 Å². The van der Waals surface area contributed by atoms with Gasteiger partial charge in [-0.25, -0.2) is 4.98 Å². The van der Waals surface area contributed by atoms with Crippen LogP contribution in [0.4, 0.5) is 0 Å². The van der Waals surface area contributed by atoms with Gasteiger partial charge in [0.05, 0.1) is 25.3 Å². The normalized spacial score (nSPS) is 10.5. The van der Waals surface area contributed by atoms with E-state index in [2.05, 4.69) is 16.0 Å². The van der Waals surface area contributed by atoms with Crippen molar-refractivity contribution in [2.45, 2.75) is 6.54 Å². The number of fused-ring (bicyclic) bond motifs is 1. The van der Waals surface area contributed by atoms with Crippen molar-refractivity contribution in [2.24, 2.45) is 0 Å². The van der Waals surface area contributed by atoms with Crippen LogP contribution in [0, 0.1) is 11.3 Å². The maximum absolute atomic E-state index is 8.82. The Morgan fingerprint density at radius 1 is 1.19 bits per heavy atom. The average molecular weight is 299 g/mol. The van der Waals surface area contributed by atoms with Gasteiger partial charge in [-0.2, -0.15) is 10.2 Å². The quantitative estimate of drug-likeness (QED) is 0.745. The second-order valence-corrected chi connectivity index (χ2v) is 4.81. The predicted molar refractivity (Wildman–Crippen MR) is 79.3 cm³/mol. The molecule has 0 atom stereocenters. The van der Waals surface area contributed by atoms with Crippen LogP contribution < -0.4 is 4.74 Å². The molecule has 1 aromatic carbocycles. The van der Waals surface area contributed by atoms with E-state index < -0.39 is 0 Å². The number of halogens is 1. The largest absolute Gasteiger partial charge is 0.481 e. The summed E-state index contributed by atoms with van der Waals surface area (Å²) >= 11 is 6.19. The first-order chi connectivity index (χ1) is 10.2. The lowest BCUT2D eigenvalue weighted by Crippen LogP contribution is -2.01. The van der Waals surface area contributed by atoms with Gasteiger partial charge >= 0.3 is 0 Å². The molecule has 0 spiro atoms. The number of rotatable bonds is 3. The topological polar surface area (TPSA) is 63.7 Å². The summed E-state index contributed by atoms with van der Waals surface area (Å²) in [6.45, 7) is 0.529. The molecule has 0 aliphatic carbocycles. The fourth-order valence-electron chi connectivity index (χ4n) is 2.08. The number of nitrogens with zero attached hydrogens (tertiary/aromatic N) is 4. The van der Waals surface area contributed by atoms with E-state index in [1.165, 1.54) is 0 Å². The molecule has 6 heteroatoms. The van der Waals surface area contributed by atoms with Crippen LogP contribution in [0.3, 0.4) is 0 Å². The lowest BCUT2D eigenvalue weighted by atomic mass is 10.1. The Morgan fingerprint density at radius 2 is 1.95 bits per heavy atom. The zero-order chi connectivity index (χ0) is 14.8. The number of nitriles is 1. The van der Waals surface area contributed by atoms with Crippen LogP contribution in [0.15, 0.2) is 36.4 Å². The maximum Gasteiger partial charge on any atom is 0.215 e. The van der Waals surface area contributed by atoms with E-state index in [0.29, 0.717) is 28.9 Å². The Morgan fingerprint density at radius 3 is 2.62 bits per heavy atom. The van der Waals surface area contributed by atoms with E-state index in [-0.39, 0.29) is 0 Å². The van der Waals surface area contributed by atoms with Crippen molar-refractivity contribution in [1.29, 1.82) is 5.26 Å². The Balaban J connectivity index is 2.02. The molecular formula is C15H11ClN4O. The monoisotopic (exact) mass is 298 g/mol. The Kier molecular flexibility index (Phi) is 3.46. The van der Waals surface area contributed by atoms with Crippen LogP contribution in [0.2, 0.25) is 5.28 Å². The summed E-state index contributed by atoms with van der Waals surface area (Å²) in [5.41, 5.74) is 3.03. The predicted octanol–water partition coefficient (Wildman–Crippen LogP) is 3.01. The van der Waals surface area contributed by atoms with Gasteiger partial charge in [0.25, 0.3) is 0 Å². The summed E-state index contributed by atoms with van der Waals surface area (Å²) in [7, 11) is 1.57. The molecule has 0 saturated heterocycles. The van der Waals surface area contributed by atoms with Crippen LogP contribution in [0.1, 0.15) is 11.1 Å². The van der Waals surface area contributed by atoms with E-state index in [9.17, 15) is 0 Å². The second-order valence-electron chi connectivity index (χ2n) is 4.47. The first-order valence-electron chi connectivity index (χ1n) is 6.27. The van der Waals surface area contributed by atoms with Crippen LogP contribution in [-0.2, 0) is 6.54 Å². The molecule has 0 bridgehead atoms. The summed E-state index contributed by atoms with van der Waals surface area (Å²) in [5, 5.41) is 9.19. The van der Waals surface area contributed by atoms with Crippen molar-refractivity contribution in [1.82, 2.24) is 14.5 Å². The van der Waals surface area contributed by atoms with E-state index in [0.717, 1.165) is 11.1 Å². The first-order valence-corrected chi connectivity index (χ1v) is 6.65. The van der Waals surface area contributed by atoms with Gasteiger partial charge < -0.3 is 4.74 Å². The molecule has 0 aliphatic rings. The number of hydrogen-bond donors (Lipinski definition) is 0. The highest BCUT2D eigenvalue weighted by molar-refractivity contribution is 6.29. The van der Waals surface area contributed by atoms with Gasteiger partial charge in [-0.1, -0.05) is 12.1 Å². The molecule has 5 nitrogen and oxygen atoms in total. The third kappa shape index (κ3) is 2.54. The van der Waals surface area contributed by atoms with E-state index in [1.807, 2.05) is 18.2 Å². The standard InChI is InChI=1S/C15H11ClN4O/c1-21-13-7-6-12-14(19-13)20(15(16)18-12)9-11-4-2-10(8-17)3-5-11/h2-7H,9H2,1H3. The number of methoxy groups -OCH3 is 1. The van der Waals surface area contributed by atoms with Gasteiger partial charge in [0, 0.05) is 6.07 Å². The minimum atomic E-state index is 0.370. The van der Waals surface area contributed by atoms with Crippen LogP contribution in [0.5, 0.6) is 5.88 Å². The van der Waals surface area contributed by atoms with Crippen LogP contribution in [0.25, 0.3) is 11.2 Å². The van der Waals surface area contributed by atoms with Gasteiger partial charge in [0.15, 0.2) is 5.65 Å². The number of aromatic nitrogens is 3. The third-order valence-electron chi connectivity index (χ3n) is 3.15. The molecule has 3 aromatic rings. The van der Waals surface area contributed by atoms with Gasteiger partial charge in [0.2, 0.25) is 11.2 Å². The maximum atomic E-state index is 8.82. The Hall–Kier alpha value is -2.58. The van der Waals surface area contributed by atoms with E-state index in [1.54, 1.807) is 29.9 Å². The number of imidazole rings is 1. The van der Waals surface area contributed by atoms with Crippen LogP contribution in [-0.4, -0.2) is 21.6 Å². The molecule has 3 rings (SSSR count). The Bertz CT molecular complexity index is 833. The fourth-order valence-corrected chi connectivity index (χ4v) is 2.31. The first kappa shape index (κ1) is 13.4. The van der Waals surface area contributed by atoms with Gasteiger partial charge in [-0.05, 0) is 35.4 Å². The van der Waals surface area contributed by atoms with Crippen molar-refractivity contribution >= 4 is 22.8 Å². The molecule has 0 aliphatic heterocycles. The molecule has 0 fully saturated rings. The van der Waals surface area contributed by atoms with Crippen molar-refractivity contribution in [3.8, 4) is 11.9 Å². The molecule has 104 valence electrons. The molecule has 2 aromatic heterocycles. The van der Waals surface area contributed by atoms with Crippen molar-refractivity contribution in [3.05, 3.63) is 52.8 Å². The van der Waals surface area contributed by atoms with Gasteiger partial charge in [-0.3, -0.25) is 4.57 Å². The molecule has 0 saturated carbocycles. The van der Waals surface area contributed by atoms with Crippen molar-refractivity contribution < 1.29 is 4.74 Å². The number of pyridine rings is 1. The summed E-state index contributed by atoms with van der Waals surface area (Å²) in [5.74, 6) is 0.514. The minimum Gasteiger partial charge on any atom is -0.481 e. The fraction of sp³-hybridized carbons (Fsp3) is 0.133. The average Bonchev–Trinajstić information content (AvgIpc) is 2.83. The highest BCUT2D eigenvalue weighted by Gasteiger charge is 2.11. The lowest BCUT2D eigenvalue weighted by molar-refractivity contribution is 0.399. The molecule has 0 amide bonds. The summed E-state index contributed by atoms with van der Waals surface area (Å²) in [6.07, 6.45) is 0. The lowest BCUT2D eigenvalue weighted by Gasteiger charge is -2.06. The summed E-state index contributed by atoms with van der Waals surface area (Å²) in [4.78, 5) is 8.66. The molecule has 0 radical (unpaired) electrons. The SMILES string of the molecule is COc1ccc2nc(Cl)n(Cc3ccc(C#N)cc3)c2n1. The van der Waals surface area contributed by atoms with E-state index >= 15 is 0 Å². The highest BCUT2D eigenvalue weighted by Crippen LogP contribution is 2.22. The second kappa shape index (κ2) is 5.43. The molecule has 2 heterocycles. The van der Waals surface area contributed by atoms with Crippen molar-refractivity contribution in [2.75, 3.05) is 7.11 Å². The van der Waals surface area contributed by atoms with Crippen molar-refractivity contribution in [3.63, 3.8) is 0 Å². The highest BCUT2D eigenvalue weighted by atomic mass is 35.5. The number of benzene rings is 1. The van der Waals surface area contributed by atoms with E-state index in [4.69, 9.17) is 21.6 Å². The molecular weight excluding hydrogens is 288 g/mol. The zero-order valence-corrected chi connectivity index (χ0v) is 12.0. The smallest absolute Gasteiger partial charge is 0.215 e. The van der Waals surface area contributed by atoms with Gasteiger partial charge in [0.1, 0.15) is 5.52 Å². The number of ether oxygens (including phenoxy) is 1. The summed E-state index contributed by atoms with van der Waals surface area (Å²) < 4.78 is 6.94. The van der Waals surface area contributed by atoms with Crippen LogP contribution >= 0.6 is 11.6 Å². The molecule has 21 heavy (non-hydrogen) atoms. The summed E-state index contributed by atoms with van der Waals surface area (Å²) in [6, 6.07) is 13.0. The zero-order valence-electron chi connectivity index (χ0n) is 11.2. The Labute approximate surface area is 126 Å².